The van der Waals surface area contributed by atoms with Gasteiger partial charge in [0.05, 0.1) is 0 Å². The van der Waals surface area contributed by atoms with Gasteiger partial charge in [-0.15, -0.1) is 6.58 Å². The van der Waals surface area contributed by atoms with Crippen LogP contribution in [0.2, 0.25) is 0 Å². The first kappa shape index (κ1) is 15.5. The minimum absolute atomic E-state index is 0.272. The molecule has 108 valence electrons. The summed E-state index contributed by atoms with van der Waals surface area (Å²) in [7, 11) is 0. The Balaban J connectivity index is 3.05. The van der Waals surface area contributed by atoms with Crippen LogP contribution in [0, 0.1) is 5.92 Å². The fourth-order valence-electron chi connectivity index (χ4n) is 2.40. The smallest absolute Gasteiger partial charge is 0.411 e. The molecule has 0 radical (unpaired) electrons. The van der Waals surface area contributed by atoms with Crippen molar-refractivity contribution in [2.24, 2.45) is 5.92 Å². The highest BCUT2D eigenvalue weighted by molar-refractivity contribution is 5.85. The van der Waals surface area contributed by atoms with E-state index in [-0.39, 0.29) is 5.92 Å². The van der Waals surface area contributed by atoms with Crippen LogP contribution in [0.25, 0.3) is 0 Å². The van der Waals surface area contributed by atoms with E-state index in [0.717, 1.165) is 6.42 Å². The Morgan fingerprint density at radius 1 is 1.47 bits per heavy atom. The number of nitrogens with zero attached hydrogens (tertiary/aromatic N) is 1. The van der Waals surface area contributed by atoms with Crippen LogP contribution in [-0.2, 0) is 9.53 Å². The van der Waals surface area contributed by atoms with Gasteiger partial charge >= 0.3 is 12.1 Å². The Morgan fingerprint density at radius 3 is 2.47 bits per heavy atom. The molecule has 1 saturated heterocycles. The average Bonchev–Trinajstić information content (AvgIpc) is 2.26. The highest BCUT2D eigenvalue weighted by Crippen LogP contribution is 2.35. The summed E-state index contributed by atoms with van der Waals surface area (Å²) in [6, 6.07) is 0. The van der Waals surface area contributed by atoms with Crippen molar-refractivity contribution in [2.75, 3.05) is 6.54 Å². The van der Waals surface area contributed by atoms with Crippen molar-refractivity contribution in [1.29, 1.82) is 0 Å². The zero-order chi connectivity index (χ0) is 14.8. The molecule has 0 bridgehead atoms. The average molecular weight is 269 g/mol. The molecular weight excluding hydrogens is 246 g/mol. The molecule has 2 atom stereocenters. The van der Waals surface area contributed by atoms with Gasteiger partial charge in [0.2, 0.25) is 0 Å². The van der Waals surface area contributed by atoms with Crippen LogP contribution >= 0.6 is 0 Å². The number of rotatable bonds is 2. The quantitative estimate of drug-likeness (QED) is 0.783. The van der Waals surface area contributed by atoms with Crippen molar-refractivity contribution in [2.45, 2.75) is 51.7 Å². The number of aliphatic carboxylic acids is 1. The Hall–Kier alpha value is -1.52. The molecule has 1 aliphatic heterocycles. The normalized spacial score (nSPS) is 27.8. The van der Waals surface area contributed by atoms with Gasteiger partial charge in [0.1, 0.15) is 11.1 Å². The number of carboxylic acid groups (broad SMARTS) is 1. The topological polar surface area (TPSA) is 66.8 Å². The molecule has 0 aromatic carbocycles. The maximum absolute atomic E-state index is 12.2. The van der Waals surface area contributed by atoms with E-state index in [1.807, 2.05) is 0 Å². The van der Waals surface area contributed by atoms with Gasteiger partial charge in [0.15, 0.2) is 0 Å². The number of carbonyl (C=O) groups is 2. The molecule has 0 saturated carbocycles. The summed E-state index contributed by atoms with van der Waals surface area (Å²) in [4.78, 5) is 25.1. The summed E-state index contributed by atoms with van der Waals surface area (Å²) in [5.41, 5.74) is -1.93. The van der Waals surface area contributed by atoms with Gasteiger partial charge in [-0.05, 0) is 40.5 Å². The molecule has 0 spiro atoms. The highest BCUT2D eigenvalue weighted by atomic mass is 16.6. The summed E-state index contributed by atoms with van der Waals surface area (Å²) in [6.45, 7) is 10.9. The lowest BCUT2D eigenvalue weighted by Crippen LogP contribution is -2.62. The van der Waals surface area contributed by atoms with Crippen molar-refractivity contribution in [1.82, 2.24) is 4.90 Å². The molecule has 0 aromatic heterocycles. The maximum atomic E-state index is 12.2. The Kier molecular flexibility index (Phi) is 4.28. The van der Waals surface area contributed by atoms with E-state index in [1.165, 1.54) is 4.90 Å². The largest absolute Gasteiger partial charge is 0.479 e. The summed E-state index contributed by atoms with van der Waals surface area (Å²) in [5.74, 6) is -1.30. The van der Waals surface area contributed by atoms with Gasteiger partial charge in [-0.3, -0.25) is 4.90 Å². The number of carbonyl (C=O) groups excluding carboxylic acids is 1. The van der Waals surface area contributed by atoms with Gasteiger partial charge in [-0.25, -0.2) is 9.59 Å². The highest BCUT2D eigenvalue weighted by Gasteiger charge is 2.50. The lowest BCUT2D eigenvalue weighted by atomic mass is 9.78. The SMILES string of the molecule is C=C[C@@H]1CCCN(C(=O)OC(C)(C)C)[C@@]1(C)C(=O)O. The lowest BCUT2D eigenvalue weighted by molar-refractivity contribution is -0.155. The predicted molar refractivity (Wildman–Crippen MR) is 71.9 cm³/mol. The second-order valence-electron chi connectivity index (χ2n) is 6.07. The second kappa shape index (κ2) is 5.23. The van der Waals surface area contributed by atoms with Gasteiger partial charge in [0, 0.05) is 12.5 Å². The van der Waals surface area contributed by atoms with Crippen LogP contribution in [0.1, 0.15) is 40.5 Å². The van der Waals surface area contributed by atoms with E-state index in [2.05, 4.69) is 6.58 Å². The molecule has 1 aliphatic rings. The molecular formula is C14H23NO4. The third kappa shape index (κ3) is 3.08. The maximum Gasteiger partial charge on any atom is 0.411 e. The van der Waals surface area contributed by atoms with Crippen LogP contribution in [0.15, 0.2) is 12.7 Å². The minimum atomic E-state index is -1.29. The van der Waals surface area contributed by atoms with Crippen LogP contribution in [0.3, 0.4) is 0 Å². The fourth-order valence-corrected chi connectivity index (χ4v) is 2.40. The number of piperidine rings is 1. The summed E-state index contributed by atoms with van der Waals surface area (Å²) < 4.78 is 5.30. The van der Waals surface area contributed by atoms with Crippen LogP contribution in [0.4, 0.5) is 4.79 Å². The molecule has 0 unspecified atom stereocenters. The van der Waals surface area contributed by atoms with E-state index >= 15 is 0 Å². The summed E-state index contributed by atoms with van der Waals surface area (Å²) in [5, 5.41) is 9.52. The molecule has 1 rings (SSSR count). The number of carboxylic acids is 1. The zero-order valence-corrected chi connectivity index (χ0v) is 12.1. The minimum Gasteiger partial charge on any atom is -0.479 e. The van der Waals surface area contributed by atoms with E-state index in [9.17, 15) is 14.7 Å². The molecule has 5 nitrogen and oxygen atoms in total. The van der Waals surface area contributed by atoms with Gasteiger partial charge in [-0.2, -0.15) is 0 Å². The molecule has 0 aromatic rings. The van der Waals surface area contributed by atoms with Crippen molar-refractivity contribution >= 4 is 12.1 Å². The van der Waals surface area contributed by atoms with Crippen molar-refractivity contribution in [3.8, 4) is 0 Å². The lowest BCUT2D eigenvalue weighted by Gasteiger charge is -2.45. The number of hydrogen-bond acceptors (Lipinski definition) is 3. The molecule has 5 heteroatoms. The van der Waals surface area contributed by atoms with E-state index in [4.69, 9.17) is 4.74 Å². The van der Waals surface area contributed by atoms with Crippen LogP contribution in [-0.4, -0.2) is 39.8 Å². The molecule has 1 fully saturated rings. The first-order valence-electron chi connectivity index (χ1n) is 6.49. The number of amides is 1. The first-order valence-corrected chi connectivity index (χ1v) is 6.49. The first-order chi connectivity index (χ1) is 8.63. The Morgan fingerprint density at radius 2 is 2.05 bits per heavy atom. The van der Waals surface area contributed by atoms with Crippen molar-refractivity contribution < 1.29 is 19.4 Å². The molecule has 1 amide bonds. The summed E-state index contributed by atoms with van der Waals surface area (Å²) >= 11 is 0. The van der Waals surface area contributed by atoms with Gasteiger partial charge in [0.25, 0.3) is 0 Å². The third-order valence-corrected chi connectivity index (χ3v) is 3.51. The van der Waals surface area contributed by atoms with Crippen molar-refractivity contribution in [3.63, 3.8) is 0 Å². The molecule has 19 heavy (non-hydrogen) atoms. The molecule has 1 N–H and O–H groups in total. The monoisotopic (exact) mass is 269 g/mol. The van der Waals surface area contributed by atoms with E-state index in [0.29, 0.717) is 13.0 Å². The predicted octanol–water partition coefficient (Wildman–Crippen LogP) is 2.66. The Labute approximate surface area is 114 Å². The van der Waals surface area contributed by atoms with Gasteiger partial charge < -0.3 is 9.84 Å². The Bertz CT molecular complexity index is 385. The third-order valence-electron chi connectivity index (χ3n) is 3.51. The second-order valence-corrected chi connectivity index (χ2v) is 6.07. The zero-order valence-electron chi connectivity index (χ0n) is 12.1. The standard InChI is InChI=1S/C14H23NO4/c1-6-10-8-7-9-15(14(10,5)11(16)17)12(18)19-13(2,3)4/h6,10H,1,7-9H2,2-5H3,(H,16,17)/t10-,14-/m1/s1. The van der Waals surface area contributed by atoms with Crippen LogP contribution < -0.4 is 0 Å². The van der Waals surface area contributed by atoms with E-state index < -0.39 is 23.2 Å². The molecule has 1 heterocycles. The summed E-state index contributed by atoms with van der Waals surface area (Å²) in [6.07, 6.45) is 2.50. The number of hydrogen-bond donors (Lipinski definition) is 1. The van der Waals surface area contributed by atoms with Gasteiger partial charge in [-0.1, -0.05) is 6.08 Å². The molecule has 0 aliphatic carbocycles. The number of ether oxygens (including phenoxy) is 1. The van der Waals surface area contributed by atoms with Crippen molar-refractivity contribution in [3.05, 3.63) is 12.7 Å². The van der Waals surface area contributed by atoms with Crippen LogP contribution in [0.5, 0.6) is 0 Å². The van der Waals surface area contributed by atoms with E-state index in [1.54, 1.807) is 33.8 Å². The number of likely N-dealkylation sites (tertiary alicyclic amines) is 1. The fraction of sp³-hybridized carbons (Fsp3) is 0.714.